The number of carbonyl (C=O) groups excluding carboxylic acids is 1. The van der Waals surface area contributed by atoms with Crippen molar-refractivity contribution in [2.45, 2.75) is 6.61 Å². The predicted octanol–water partition coefficient (Wildman–Crippen LogP) is 5.50. The van der Waals surface area contributed by atoms with E-state index in [1.807, 2.05) is 18.2 Å². The van der Waals surface area contributed by atoms with Gasteiger partial charge in [-0.2, -0.15) is 5.10 Å². The molecule has 0 unspecified atom stereocenters. The number of hydrogen-bond donors (Lipinski definition) is 1. The molecular formula is C21H16BrCl2N3O3. The molecule has 1 N–H and O–H groups in total. The third kappa shape index (κ3) is 5.50. The zero-order valence-electron chi connectivity index (χ0n) is 15.7. The molecule has 1 aromatic heterocycles. The van der Waals surface area contributed by atoms with Crippen molar-refractivity contribution in [3.63, 3.8) is 0 Å². The Balaban J connectivity index is 1.72. The molecule has 0 saturated heterocycles. The van der Waals surface area contributed by atoms with Crippen LogP contribution < -0.4 is 14.9 Å². The summed E-state index contributed by atoms with van der Waals surface area (Å²) in [6.07, 6.45) is 2.98. The number of carbonyl (C=O) groups is 1. The lowest BCUT2D eigenvalue weighted by Gasteiger charge is -2.13. The number of methoxy groups -OCH3 is 1. The number of nitrogens with one attached hydrogen (secondary N) is 1. The van der Waals surface area contributed by atoms with Gasteiger partial charge in [0.2, 0.25) is 0 Å². The number of hydrazone groups is 1. The summed E-state index contributed by atoms with van der Waals surface area (Å²) in [7, 11) is 1.54. The van der Waals surface area contributed by atoms with Crippen LogP contribution in [0.2, 0.25) is 10.2 Å². The summed E-state index contributed by atoms with van der Waals surface area (Å²) < 4.78 is 12.0. The highest BCUT2D eigenvalue weighted by Crippen LogP contribution is 2.34. The fourth-order valence-corrected chi connectivity index (χ4v) is 3.29. The van der Waals surface area contributed by atoms with Gasteiger partial charge < -0.3 is 9.47 Å². The van der Waals surface area contributed by atoms with E-state index in [1.165, 1.54) is 12.4 Å². The van der Waals surface area contributed by atoms with Crippen molar-refractivity contribution >= 4 is 51.3 Å². The molecule has 0 spiro atoms. The van der Waals surface area contributed by atoms with E-state index in [4.69, 9.17) is 32.7 Å². The van der Waals surface area contributed by atoms with Crippen LogP contribution in [0.3, 0.4) is 0 Å². The highest BCUT2D eigenvalue weighted by molar-refractivity contribution is 9.10. The van der Waals surface area contributed by atoms with Crippen LogP contribution in [0.4, 0.5) is 0 Å². The molecule has 3 aromatic rings. The summed E-state index contributed by atoms with van der Waals surface area (Å²) in [6, 6.07) is 14.1. The smallest absolute Gasteiger partial charge is 0.274 e. The molecule has 0 fully saturated rings. The summed E-state index contributed by atoms with van der Waals surface area (Å²) in [5, 5.41) is 4.71. The van der Waals surface area contributed by atoms with Gasteiger partial charge in [-0.05, 0) is 46.3 Å². The SMILES string of the molecule is COc1cc(C=NNC(=O)c2cccnc2Cl)c(Br)cc1OCc1ccccc1Cl. The van der Waals surface area contributed by atoms with Crippen molar-refractivity contribution in [3.8, 4) is 11.5 Å². The van der Waals surface area contributed by atoms with E-state index in [1.54, 1.807) is 37.4 Å². The van der Waals surface area contributed by atoms with Crippen LogP contribution in [0, 0.1) is 0 Å². The second kappa shape index (κ2) is 10.4. The van der Waals surface area contributed by atoms with E-state index < -0.39 is 5.91 Å². The van der Waals surface area contributed by atoms with Crippen molar-refractivity contribution in [1.82, 2.24) is 10.4 Å². The normalized spacial score (nSPS) is 10.8. The first-order valence-corrected chi connectivity index (χ1v) is 10.2. The standard InChI is InChI=1S/C21H16BrCl2N3O3/c1-29-18-9-14(11-26-27-21(28)15-6-4-8-25-20(15)24)16(22)10-19(18)30-12-13-5-2-3-7-17(13)23/h2-11H,12H2,1H3,(H,27,28). The second-order valence-corrected chi connectivity index (χ2v) is 7.57. The average molecular weight is 509 g/mol. The Morgan fingerprint density at radius 3 is 2.73 bits per heavy atom. The minimum Gasteiger partial charge on any atom is -0.493 e. The highest BCUT2D eigenvalue weighted by atomic mass is 79.9. The number of pyridine rings is 1. The molecule has 0 aliphatic carbocycles. The molecule has 3 rings (SSSR count). The average Bonchev–Trinajstić information content (AvgIpc) is 2.74. The van der Waals surface area contributed by atoms with Gasteiger partial charge in [-0.1, -0.05) is 41.4 Å². The Kier molecular flexibility index (Phi) is 7.68. The van der Waals surface area contributed by atoms with Crippen LogP contribution in [-0.2, 0) is 6.61 Å². The molecule has 2 aromatic carbocycles. The van der Waals surface area contributed by atoms with E-state index in [-0.39, 0.29) is 17.3 Å². The van der Waals surface area contributed by atoms with Crippen LogP contribution in [0.15, 0.2) is 64.3 Å². The maximum atomic E-state index is 12.1. The Labute approximate surface area is 192 Å². The van der Waals surface area contributed by atoms with E-state index >= 15 is 0 Å². The van der Waals surface area contributed by atoms with Gasteiger partial charge in [-0.15, -0.1) is 0 Å². The highest BCUT2D eigenvalue weighted by Gasteiger charge is 2.12. The number of benzene rings is 2. The zero-order valence-corrected chi connectivity index (χ0v) is 18.8. The second-order valence-electron chi connectivity index (χ2n) is 5.95. The predicted molar refractivity (Wildman–Crippen MR) is 121 cm³/mol. The lowest BCUT2D eigenvalue weighted by molar-refractivity contribution is 0.0955. The van der Waals surface area contributed by atoms with Gasteiger partial charge in [0.25, 0.3) is 5.91 Å². The van der Waals surface area contributed by atoms with E-state index in [0.29, 0.717) is 26.6 Å². The fraction of sp³-hybridized carbons (Fsp3) is 0.0952. The number of aromatic nitrogens is 1. The molecule has 1 heterocycles. The van der Waals surface area contributed by atoms with E-state index in [9.17, 15) is 4.79 Å². The summed E-state index contributed by atoms with van der Waals surface area (Å²) in [5.41, 5.74) is 4.19. The molecule has 0 atom stereocenters. The molecule has 0 bridgehead atoms. The Bertz CT molecular complexity index is 1090. The van der Waals surface area contributed by atoms with Crippen LogP contribution >= 0.6 is 39.1 Å². The summed E-state index contributed by atoms with van der Waals surface area (Å²) in [5.74, 6) is 0.577. The molecule has 0 radical (unpaired) electrons. The number of hydrogen-bond acceptors (Lipinski definition) is 5. The number of rotatable bonds is 7. The molecule has 9 heteroatoms. The molecule has 1 amide bonds. The van der Waals surface area contributed by atoms with Crippen molar-refractivity contribution in [2.24, 2.45) is 5.10 Å². The van der Waals surface area contributed by atoms with Crippen LogP contribution in [0.1, 0.15) is 21.5 Å². The molecule has 0 saturated carbocycles. The van der Waals surface area contributed by atoms with Crippen LogP contribution in [0.5, 0.6) is 11.5 Å². The summed E-state index contributed by atoms with van der Waals surface area (Å²) in [4.78, 5) is 16.0. The van der Waals surface area contributed by atoms with Gasteiger partial charge in [0.05, 0.1) is 18.9 Å². The van der Waals surface area contributed by atoms with Crippen molar-refractivity contribution in [3.05, 3.63) is 86.1 Å². The van der Waals surface area contributed by atoms with E-state index in [2.05, 4.69) is 31.4 Å². The quantitative estimate of drug-likeness (QED) is 0.260. The van der Waals surface area contributed by atoms with Gasteiger partial charge in [0.1, 0.15) is 11.8 Å². The maximum absolute atomic E-state index is 12.1. The minimum atomic E-state index is -0.466. The Morgan fingerprint density at radius 1 is 1.20 bits per heavy atom. The first-order valence-electron chi connectivity index (χ1n) is 8.67. The molecule has 30 heavy (non-hydrogen) atoms. The number of halogens is 3. The Hall–Kier alpha value is -2.61. The van der Waals surface area contributed by atoms with Gasteiger partial charge in [0.15, 0.2) is 11.5 Å². The first-order chi connectivity index (χ1) is 14.5. The van der Waals surface area contributed by atoms with Crippen LogP contribution in [0.25, 0.3) is 0 Å². The lowest BCUT2D eigenvalue weighted by atomic mass is 10.2. The topological polar surface area (TPSA) is 72.8 Å². The van der Waals surface area contributed by atoms with Gasteiger partial charge in [0, 0.05) is 26.8 Å². The summed E-state index contributed by atoms with van der Waals surface area (Å²) in [6.45, 7) is 0.290. The van der Waals surface area contributed by atoms with Gasteiger partial charge in [-0.25, -0.2) is 10.4 Å². The number of ether oxygens (including phenoxy) is 2. The first kappa shape index (κ1) is 22.1. The third-order valence-electron chi connectivity index (χ3n) is 4.00. The van der Waals surface area contributed by atoms with Crippen LogP contribution in [-0.4, -0.2) is 24.2 Å². The molecule has 154 valence electrons. The summed E-state index contributed by atoms with van der Waals surface area (Å²) >= 11 is 15.6. The fourth-order valence-electron chi connectivity index (χ4n) is 2.47. The molecule has 0 aliphatic rings. The molecular weight excluding hydrogens is 493 g/mol. The van der Waals surface area contributed by atoms with Crippen molar-refractivity contribution < 1.29 is 14.3 Å². The third-order valence-corrected chi connectivity index (χ3v) is 5.35. The van der Waals surface area contributed by atoms with Crippen molar-refractivity contribution in [2.75, 3.05) is 7.11 Å². The lowest BCUT2D eigenvalue weighted by Crippen LogP contribution is -2.18. The minimum absolute atomic E-state index is 0.105. The molecule has 6 nitrogen and oxygen atoms in total. The van der Waals surface area contributed by atoms with Gasteiger partial charge in [-0.3, -0.25) is 4.79 Å². The Morgan fingerprint density at radius 2 is 2.00 bits per heavy atom. The number of amides is 1. The molecule has 0 aliphatic heterocycles. The monoisotopic (exact) mass is 507 g/mol. The largest absolute Gasteiger partial charge is 0.493 e. The maximum Gasteiger partial charge on any atom is 0.274 e. The van der Waals surface area contributed by atoms with Gasteiger partial charge >= 0.3 is 0 Å². The zero-order chi connectivity index (χ0) is 21.5. The van der Waals surface area contributed by atoms with E-state index in [0.717, 1.165) is 5.56 Å². The van der Waals surface area contributed by atoms with Crippen molar-refractivity contribution in [1.29, 1.82) is 0 Å². The number of nitrogens with zero attached hydrogens (tertiary/aromatic N) is 2.